The van der Waals surface area contributed by atoms with Crippen LogP contribution in [0.3, 0.4) is 0 Å². The molecule has 2 N–H and O–H groups in total. The van der Waals surface area contributed by atoms with Gasteiger partial charge in [-0.05, 0) is 36.1 Å². The highest BCUT2D eigenvalue weighted by Gasteiger charge is 2.07. The number of benzene rings is 1. The first kappa shape index (κ1) is 12.6. The molecule has 2 rings (SSSR count). The average molecular weight is 245 g/mol. The minimum absolute atomic E-state index is 0.114. The maximum atomic E-state index is 6.15. The molecule has 18 heavy (non-hydrogen) atoms. The van der Waals surface area contributed by atoms with Crippen LogP contribution in [0.25, 0.3) is 0 Å². The highest BCUT2D eigenvalue weighted by atomic mass is 16.5. The van der Waals surface area contributed by atoms with Crippen LogP contribution in [0.2, 0.25) is 0 Å². The highest BCUT2D eigenvalue weighted by molar-refractivity contribution is 5.27. The van der Waals surface area contributed by atoms with Gasteiger partial charge in [0, 0.05) is 19.3 Å². The van der Waals surface area contributed by atoms with Crippen LogP contribution in [-0.4, -0.2) is 22.9 Å². The van der Waals surface area contributed by atoms with Crippen molar-refractivity contribution in [2.24, 2.45) is 12.8 Å². The smallest absolute Gasteiger partial charge is 0.118 e. The predicted octanol–water partition coefficient (Wildman–Crippen LogP) is 1.54. The number of methoxy groups -OCH3 is 1. The van der Waals surface area contributed by atoms with Crippen molar-refractivity contribution in [2.75, 3.05) is 7.11 Å². The van der Waals surface area contributed by atoms with Crippen LogP contribution in [0.5, 0.6) is 5.75 Å². The molecule has 2 aromatic rings. The van der Waals surface area contributed by atoms with Gasteiger partial charge >= 0.3 is 0 Å². The van der Waals surface area contributed by atoms with Crippen molar-refractivity contribution < 1.29 is 4.74 Å². The zero-order valence-electron chi connectivity index (χ0n) is 10.8. The largest absolute Gasteiger partial charge is 0.497 e. The molecule has 0 aliphatic carbocycles. The van der Waals surface area contributed by atoms with E-state index in [1.54, 1.807) is 11.8 Å². The van der Waals surface area contributed by atoms with Crippen LogP contribution in [-0.2, 0) is 19.9 Å². The van der Waals surface area contributed by atoms with E-state index in [0.717, 1.165) is 18.6 Å². The second-order valence-corrected chi connectivity index (χ2v) is 4.54. The maximum absolute atomic E-state index is 6.15. The summed E-state index contributed by atoms with van der Waals surface area (Å²) in [6.45, 7) is 0. The van der Waals surface area contributed by atoms with E-state index in [0.29, 0.717) is 0 Å². The van der Waals surface area contributed by atoms with Gasteiger partial charge in [-0.15, -0.1) is 0 Å². The second kappa shape index (κ2) is 5.69. The number of nitrogens with zero attached hydrogens (tertiary/aromatic N) is 2. The third-order valence-corrected chi connectivity index (χ3v) is 2.91. The van der Waals surface area contributed by atoms with Crippen molar-refractivity contribution in [3.05, 3.63) is 47.8 Å². The van der Waals surface area contributed by atoms with Gasteiger partial charge in [-0.3, -0.25) is 4.68 Å². The molecule has 4 heteroatoms. The summed E-state index contributed by atoms with van der Waals surface area (Å²) in [4.78, 5) is 0. The normalized spacial score (nSPS) is 12.4. The van der Waals surface area contributed by atoms with E-state index in [1.807, 2.05) is 31.6 Å². The zero-order valence-corrected chi connectivity index (χ0v) is 10.8. The lowest BCUT2D eigenvalue weighted by Crippen LogP contribution is -2.25. The van der Waals surface area contributed by atoms with Crippen LogP contribution in [0.15, 0.2) is 36.7 Å². The molecule has 1 aromatic carbocycles. The maximum Gasteiger partial charge on any atom is 0.118 e. The Labute approximate surface area is 107 Å². The summed E-state index contributed by atoms with van der Waals surface area (Å²) in [7, 11) is 3.58. The fraction of sp³-hybridized carbons (Fsp3) is 0.357. The highest BCUT2D eigenvalue weighted by Crippen LogP contribution is 2.13. The van der Waals surface area contributed by atoms with Gasteiger partial charge in [-0.1, -0.05) is 12.1 Å². The van der Waals surface area contributed by atoms with E-state index in [-0.39, 0.29) is 6.04 Å². The topological polar surface area (TPSA) is 53.1 Å². The molecule has 0 spiro atoms. The van der Waals surface area contributed by atoms with Gasteiger partial charge < -0.3 is 10.5 Å². The summed E-state index contributed by atoms with van der Waals surface area (Å²) in [5, 5.41) is 4.14. The summed E-state index contributed by atoms with van der Waals surface area (Å²) in [6.07, 6.45) is 5.58. The molecule has 0 bridgehead atoms. The van der Waals surface area contributed by atoms with E-state index in [9.17, 15) is 0 Å². The van der Waals surface area contributed by atoms with E-state index in [2.05, 4.69) is 17.2 Å². The fourth-order valence-corrected chi connectivity index (χ4v) is 2.02. The van der Waals surface area contributed by atoms with Crippen LogP contribution >= 0.6 is 0 Å². The first-order chi connectivity index (χ1) is 8.67. The summed E-state index contributed by atoms with van der Waals surface area (Å²) in [5.41, 5.74) is 8.56. The Morgan fingerprint density at radius 3 is 2.44 bits per heavy atom. The summed E-state index contributed by atoms with van der Waals surface area (Å²) < 4.78 is 6.93. The molecule has 0 radical (unpaired) electrons. The van der Waals surface area contributed by atoms with Gasteiger partial charge in [0.25, 0.3) is 0 Å². The van der Waals surface area contributed by atoms with Crippen LogP contribution in [0.4, 0.5) is 0 Å². The van der Waals surface area contributed by atoms with Crippen molar-refractivity contribution in [1.82, 2.24) is 9.78 Å². The lowest BCUT2D eigenvalue weighted by Gasteiger charge is -2.10. The van der Waals surface area contributed by atoms with E-state index in [1.165, 1.54) is 11.1 Å². The average Bonchev–Trinajstić information content (AvgIpc) is 2.75. The Kier molecular flexibility index (Phi) is 3.99. The molecule has 1 heterocycles. The summed E-state index contributed by atoms with van der Waals surface area (Å²) in [6, 6.07) is 8.16. The lowest BCUT2D eigenvalue weighted by molar-refractivity contribution is 0.414. The first-order valence-corrected chi connectivity index (χ1v) is 6.03. The van der Waals surface area contributed by atoms with Crippen molar-refractivity contribution in [3.63, 3.8) is 0 Å². The second-order valence-electron chi connectivity index (χ2n) is 4.54. The first-order valence-electron chi connectivity index (χ1n) is 6.03. The predicted molar refractivity (Wildman–Crippen MR) is 71.6 cm³/mol. The molecule has 0 saturated carbocycles. The van der Waals surface area contributed by atoms with Gasteiger partial charge in [0.15, 0.2) is 0 Å². The Bertz CT molecular complexity index is 490. The molecular weight excluding hydrogens is 226 g/mol. The van der Waals surface area contributed by atoms with Gasteiger partial charge in [-0.2, -0.15) is 5.10 Å². The Balaban J connectivity index is 1.91. The number of ether oxygens (including phenoxy) is 1. The van der Waals surface area contributed by atoms with Crippen LogP contribution in [0, 0.1) is 0 Å². The molecular formula is C14H19N3O. The molecule has 0 fully saturated rings. The number of aromatic nitrogens is 2. The van der Waals surface area contributed by atoms with Gasteiger partial charge in [0.2, 0.25) is 0 Å². The van der Waals surface area contributed by atoms with E-state index < -0.39 is 0 Å². The molecule has 0 saturated heterocycles. The molecule has 0 aliphatic rings. The van der Waals surface area contributed by atoms with Crippen molar-refractivity contribution in [2.45, 2.75) is 18.9 Å². The quantitative estimate of drug-likeness (QED) is 0.869. The van der Waals surface area contributed by atoms with Gasteiger partial charge in [-0.25, -0.2) is 0 Å². The standard InChI is InChI=1S/C14H19N3O/c1-17-10-12(9-16-17)8-13(15)7-11-3-5-14(18-2)6-4-11/h3-6,9-10,13H,7-8,15H2,1-2H3. The SMILES string of the molecule is COc1ccc(CC(N)Cc2cnn(C)c2)cc1. The minimum atomic E-state index is 0.114. The molecule has 1 atom stereocenters. The molecule has 1 aromatic heterocycles. The third-order valence-electron chi connectivity index (χ3n) is 2.91. The fourth-order valence-electron chi connectivity index (χ4n) is 2.02. The van der Waals surface area contributed by atoms with Crippen LogP contribution < -0.4 is 10.5 Å². The minimum Gasteiger partial charge on any atom is -0.497 e. The van der Waals surface area contributed by atoms with Crippen LogP contribution in [0.1, 0.15) is 11.1 Å². The number of rotatable bonds is 5. The third kappa shape index (κ3) is 3.34. The molecule has 4 nitrogen and oxygen atoms in total. The number of nitrogens with two attached hydrogens (primary N) is 1. The monoisotopic (exact) mass is 245 g/mol. The van der Waals surface area contributed by atoms with Gasteiger partial charge in [0.1, 0.15) is 5.75 Å². The van der Waals surface area contributed by atoms with Crippen molar-refractivity contribution in [1.29, 1.82) is 0 Å². The van der Waals surface area contributed by atoms with Crippen molar-refractivity contribution >= 4 is 0 Å². The summed E-state index contributed by atoms with van der Waals surface area (Å²) in [5.74, 6) is 0.875. The van der Waals surface area contributed by atoms with E-state index >= 15 is 0 Å². The Hall–Kier alpha value is -1.81. The lowest BCUT2D eigenvalue weighted by atomic mass is 10.0. The molecule has 1 unspecified atom stereocenters. The van der Waals surface area contributed by atoms with Gasteiger partial charge in [0.05, 0.1) is 13.3 Å². The number of hydrogen-bond donors (Lipinski definition) is 1. The Morgan fingerprint density at radius 1 is 1.22 bits per heavy atom. The van der Waals surface area contributed by atoms with E-state index in [4.69, 9.17) is 10.5 Å². The zero-order chi connectivity index (χ0) is 13.0. The van der Waals surface area contributed by atoms with Crippen molar-refractivity contribution in [3.8, 4) is 5.75 Å². The Morgan fingerprint density at radius 2 is 1.89 bits per heavy atom. The number of aryl methyl sites for hydroxylation is 1. The molecule has 0 amide bonds. The summed E-state index contributed by atoms with van der Waals surface area (Å²) >= 11 is 0. The molecule has 96 valence electrons. The number of hydrogen-bond acceptors (Lipinski definition) is 3. The molecule has 0 aliphatic heterocycles.